The average Bonchev–Trinajstić information content (AvgIpc) is 2.91. The molecule has 1 rings (SSSR count). The van der Waals surface area contributed by atoms with Crippen molar-refractivity contribution in [3.63, 3.8) is 0 Å². The second-order valence-electron chi connectivity index (χ2n) is 5.43. The molecule has 0 aromatic carbocycles. The summed E-state index contributed by atoms with van der Waals surface area (Å²) in [6.45, 7) is 7.88. The molecule has 1 aromatic heterocycles. The molecule has 114 valence electrons. The van der Waals surface area contributed by atoms with Gasteiger partial charge in [0.25, 0.3) is 0 Å². The first-order chi connectivity index (χ1) is 9.65. The maximum absolute atomic E-state index is 11.8. The van der Waals surface area contributed by atoms with Crippen LogP contribution in [-0.2, 0) is 6.54 Å². The van der Waals surface area contributed by atoms with Crippen molar-refractivity contribution in [2.45, 2.75) is 59.0 Å². The van der Waals surface area contributed by atoms with Gasteiger partial charge in [0.05, 0.1) is 6.33 Å². The molecule has 0 aliphatic heterocycles. The number of amides is 2. The second-order valence-corrected chi connectivity index (χ2v) is 5.43. The third-order valence-electron chi connectivity index (χ3n) is 3.52. The molecule has 0 bridgehead atoms. The number of unbranched alkanes of at least 4 members (excludes halogenated alkanes) is 1. The Kier molecular flexibility index (Phi) is 7.77. The summed E-state index contributed by atoms with van der Waals surface area (Å²) in [7, 11) is 0. The van der Waals surface area contributed by atoms with Gasteiger partial charge in [0.15, 0.2) is 0 Å². The van der Waals surface area contributed by atoms with E-state index in [0.717, 1.165) is 19.5 Å². The number of urea groups is 1. The average molecular weight is 280 g/mol. The Hall–Kier alpha value is -1.52. The first-order valence-electron chi connectivity index (χ1n) is 7.65. The third-order valence-corrected chi connectivity index (χ3v) is 3.52. The van der Waals surface area contributed by atoms with Gasteiger partial charge < -0.3 is 15.2 Å². The number of aromatic nitrogens is 2. The Morgan fingerprint density at radius 2 is 2.20 bits per heavy atom. The maximum Gasteiger partial charge on any atom is 0.315 e. The monoisotopic (exact) mass is 280 g/mol. The molecule has 5 heteroatoms. The Balaban J connectivity index is 2.21. The number of nitrogens with zero attached hydrogens (tertiary/aromatic N) is 2. The van der Waals surface area contributed by atoms with E-state index in [1.807, 2.05) is 17.7 Å². The summed E-state index contributed by atoms with van der Waals surface area (Å²) < 4.78 is 1.96. The molecule has 0 saturated heterocycles. The van der Waals surface area contributed by atoms with Gasteiger partial charge in [-0.15, -0.1) is 0 Å². The zero-order valence-corrected chi connectivity index (χ0v) is 12.9. The first kappa shape index (κ1) is 16.5. The number of carbonyl (C=O) groups excluding carboxylic acids is 1. The summed E-state index contributed by atoms with van der Waals surface area (Å²) in [5, 5.41) is 5.93. The van der Waals surface area contributed by atoms with Crippen LogP contribution in [-0.4, -0.2) is 28.2 Å². The lowest BCUT2D eigenvalue weighted by Crippen LogP contribution is -2.43. The van der Waals surface area contributed by atoms with Gasteiger partial charge in [0.2, 0.25) is 0 Å². The molecule has 0 radical (unpaired) electrons. The van der Waals surface area contributed by atoms with Crippen molar-refractivity contribution in [2.24, 2.45) is 5.92 Å². The fourth-order valence-corrected chi connectivity index (χ4v) is 2.21. The van der Waals surface area contributed by atoms with Crippen LogP contribution < -0.4 is 10.6 Å². The first-order valence-corrected chi connectivity index (χ1v) is 7.65. The fraction of sp³-hybridized carbons (Fsp3) is 0.733. The smallest absolute Gasteiger partial charge is 0.315 e. The molecule has 0 unspecified atom stereocenters. The van der Waals surface area contributed by atoms with Crippen molar-refractivity contribution in [1.29, 1.82) is 0 Å². The van der Waals surface area contributed by atoms with Crippen molar-refractivity contribution in [3.8, 4) is 0 Å². The van der Waals surface area contributed by atoms with E-state index in [1.54, 1.807) is 12.5 Å². The van der Waals surface area contributed by atoms with Crippen LogP contribution in [0.5, 0.6) is 0 Å². The Labute approximate surface area is 122 Å². The van der Waals surface area contributed by atoms with Crippen molar-refractivity contribution in [2.75, 3.05) is 6.54 Å². The van der Waals surface area contributed by atoms with Crippen LogP contribution in [0, 0.1) is 5.92 Å². The standard InChI is InChI=1S/C15H28N4O/c1-4-6-7-14(5-2)10-17-15(20)18-13(3)11-19-9-8-16-12-19/h8-9,12-14H,4-7,10-11H2,1-3H3,(H2,17,18,20)/t13-,14-/m0/s1. The number of carbonyl (C=O) groups is 1. The largest absolute Gasteiger partial charge is 0.338 e. The van der Waals surface area contributed by atoms with E-state index in [0.29, 0.717) is 5.92 Å². The third kappa shape index (κ3) is 6.59. The van der Waals surface area contributed by atoms with Gasteiger partial charge in [-0.3, -0.25) is 0 Å². The van der Waals surface area contributed by atoms with Crippen molar-refractivity contribution >= 4 is 6.03 Å². The van der Waals surface area contributed by atoms with E-state index in [9.17, 15) is 4.79 Å². The highest BCUT2D eigenvalue weighted by molar-refractivity contribution is 5.74. The molecule has 1 aromatic rings. The molecule has 20 heavy (non-hydrogen) atoms. The van der Waals surface area contributed by atoms with Gasteiger partial charge in [-0.1, -0.05) is 33.1 Å². The minimum absolute atomic E-state index is 0.0763. The van der Waals surface area contributed by atoms with Gasteiger partial charge in [-0.25, -0.2) is 9.78 Å². The minimum Gasteiger partial charge on any atom is -0.338 e. The molecular weight excluding hydrogens is 252 g/mol. The lowest BCUT2D eigenvalue weighted by atomic mass is 9.99. The van der Waals surface area contributed by atoms with Gasteiger partial charge in [0, 0.05) is 31.5 Å². The topological polar surface area (TPSA) is 59.0 Å². The van der Waals surface area contributed by atoms with Gasteiger partial charge in [0.1, 0.15) is 0 Å². The van der Waals surface area contributed by atoms with Crippen LogP contribution >= 0.6 is 0 Å². The quantitative estimate of drug-likeness (QED) is 0.730. The summed E-state index contributed by atoms with van der Waals surface area (Å²) in [4.78, 5) is 15.8. The van der Waals surface area contributed by atoms with Crippen molar-refractivity contribution in [1.82, 2.24) is 20.2 Å². The minimum atomic E-state index is -0.0763. The van der Waals surface area contributed by atoms with Crippen molar-refractivity contribution in [3.05, 3.63) is 18.7 Å². The SMILES string of the molecule is CCCC[C@H](CC)CNC(=O)N[C@@H](C)Cn1ccnc1. The highest BCUT2D eigenvalue weighted by Gasteiger charge is 2.10. The Morgan fingerprint density at radius 1 is 1.40 bits per heavy atom. The lowest BCUT2D eigenvalue weighted by molar-refractivity contribution is 0.233. The molecule has 0 saturated carbocycles. The Morgan fingerprint density at radius 3 is 2.80 bits per heavy atom. The number of hydrogen-bond acceptors (Lipinski definition) is 2. The number of rotatable bonds is 9. The molecule has 2 N–H and O–H groups in total. The van der Waals surface area contributed by atoms with Gasteiger partial charge in [-0.05, 0) is 19.3 Å². The highest BCUT2D eigenvalue weighted by atomic mass is 16.2. The molecule has 2 amide bonds. The number of hydrogen-bond donors (Lipinski definition) is 2. The number of imidazole rings is 1. The number of nitrogens with one attached hydrogen (secondary N) is 2. The van der Waals surface area contributed by atoms with E-state index < -0.39 is 0 Å². The van der Waals surface area contributed by atoms with Gasteiger partial charge in [-0.2, -0.15) is 0 Å². The second kappa shape index (κ2) is 9.39. The summed E-state index contributed by atoms with van der Waals surface area (Å²) in [6, 6.07) is 0.00693. The lowest BCUT2D eigenvalue weighted by Gasteiger charge is -2.18. The fourth-order valence-electron chi connectivity index (χ4n) is 2.21. The zero-order valence-electron chi connectivity index (χ0n) is 12.9. The van der Waals surface area contributed by atoms with E-state index >= 15 is 0 Å². The predicted molar refractivity (Wildman–Crippen MR) is 81.5 cm³/mol. The van der Waals surface area contributed by atoms with Crippen LogP contribution in [0.25, 0.3) is 0 Å². The maximum atomic E-state index is 11.8. The van der Waals surface area contributed by atoms with E-state index in [-0.39, 0.29) is 12.1 Å². The predicted octanol–water partition coefficient (Wildman–Crippen LogP) is 2.79. The van der Waals surface area contributed by atoms with E-state index in [4.69, 9.17) is 0 Å². The molecule has 0 fully saturated rings. The van der Waals surface area contributed by atoms with Crippen LogP contribution in [0.1, 0.15) is 46.5 Å². The Bertz CT molecular complexity index is 364. The summed E-state index contributed by atoms with van der Waals surface area (Å²) in [5.41, 5.74) is 0. The van der Waals surface area contributed by atoms with Crippen LogP contribution in [0.2, 0.25) is 0 Å². The van der Waals surface area contributed by atoms with E-state index in [1.165, 1.54) is 19.3 Å². The molecule has 2 atom stereocenters. The molecule has 1 heterocycles. The van der Waals surface area contributed by atoms with Gasteiger partial charge >= 0.3 is 6.03 Å². The summed E-state index contributed by atoms with van der Waals surface area (Å²) in [5.74, 6) is 0.588. The van der Waals surface area contributed by atoms with Crippen LogP contribution in [0.4, 0.5) is 4.79 Å². The van der Waals surface area contributed by atoms with Crippen LogP contribution in [0.3, 0.4) is 0 Å². The normalized spacial score (nSPS) is 13.8. The molecule has 0 spiro atoms. The zero-order chi connectivity index (χ0) is 14.8. The highest BCUT2D eigenvalue weighted by Crippen LogP contribution is 2.10. The van der Waals surface area contributed by atoms with Crippen molar-refractivity contribution < 1.29 is 4.79 Å². The van der Waals surface area contributed by atoms with E-state index in [2.05, 4.69) is 29.5 Å². The molecule has 0 aliphatic carbocycles. The molecular formula is C15H28N4O. The summed E-state index contributed by atoms with van der Waals surface area (Å²) >= 11 is 0. The van der Waals surface area contributed by atoms with Crippen LogP contribution in [0.15, 0.2) is 18.7 Å². The molecule has 0 aliphatic rings. The molecule has 5 nitrogen and oxygen atoms in total. The summed E-state index contributed by atoms with van der Waals surface area (Å²) in [6.07, 6.45) is 10.2.